The standard InChI is InChI=1S/C17H28N/c1-3-5-6-7-8-9-11-16-14-17(18)13-12-15(16)10-4-2/h12-14H,2-11,18H2,1H3. The number of rotatable bonds is 9. The summed E-state index contributed by atoms with van der Waals surface area (Å²) in [4.78, 5) is 0. The minimum Gasteiger partial charge on any atom is -0.399 e. The van der Waals surface area contributed by atoms with Gasteiger partial charge < -0.3 is 5.73 Å². The molecule has 1 heteroatoms. The molecule has 18 heavy (non-hydrogen) atoms. The van der Waals surface area contributed by atoms with Crippen LogP contribution in [0.5, 0.6) is 0 Å². The molecular weight excluding hydrogens is 218 g/mol. The van der Waals surface area contributed by atoms with E-state index < -0.39 is 0 Å². The maximum absolute atomic E-state index is 5.88. The average molecular weight is 246 g/mol. The number of nitrogen functional groups attached to an aromatic ring is 1. The number of aryl methyl sites for hydroxylation is 2. The molecule has 0 bridgehead atoms. The Hall–Kier alpha value is -0.980. The molecule has 1 aromatic rings. The van der Waals surface area contributed by atoms with Crippen LogP contribution in [0.25, 0.3) is 0 Å². The predicted octanol–water partition coefficient (Wildman–Crippen LogP) is 4.94. The van der Waals surface area contributed by atoms with Crippen LogP contribution < -0.4 is 5.73 Å². The van der Waals surface area contributed by atoms with Crippen LogP contribution >= 0.6 is 0 Å². The minimum absolute atomic E-state index is 0.892. The lowest BCUT2D eigenvalue weighted by Crippen LogP contribution is -1.97. The fraction of sp³-hybridized carbons (Fsp3) is 0.588. The Kier molecular flexibility index (Phi) is 7.55. The van der Waals surface area contributed by atoms with Crippen LogP contribution in [0.2, 0.25) is 0 Å². The van der Waals surface area contributed by atoms with Crippen LogP contribution in [0.3, 0.4) is 0 Å². The van der Waals surface area contributed by atoms with Crippen molar-refractivity contribution in [3.05, 3.63) is 36.2 Å². The Bertz CT molecular complexity index is 330. The van der Waals surface area contributed by atoms with Gasteiger partial charge in [-0.1, -0.05) is 52.0 Å². The molecular formula is C17H28N. The van der Waals surface area contributed by atoms with Gasteiger partial charge in [0.15, 0.2) is 0 Å². The number of nitrogens with two attached hydrogens (primary N) is 1. The minimum atomic E-state index is 0.892. The van der Waals surface area contributed by atoms with E-state index >= 15 is 0 Å². The third kappa shape index (κ3) is 5.57. The molecule has 101 valence electrons. The van der Waals surface area contributed by atoms with Crippen molar-refractivity contribution in [3.63, 3.8) is 0 Å². The van der Waals surface area contributed by atoms with Crippen LogP contribution in [0.15, 0.2) is 18.2 Å². The monoisotopic (exact) mass is 246 g/mol. The summed E-state index contributed by atoms with van der Waals surface area (Å²) in [6.45, 7) is 6.21. The van der Waals surface area contributed by atoms with Crippen molar-refractivity contribution in [2.75, 3.05) is 5.73 Å². The van der Waals surface area contributed by atoms with Gasteiger partial charge in [-0.3, -0.25) is 0 Å². The van der Waals surface area contributed by atoms with Crippen molar-refractivity contribution in [1.82, 2.24) is 0 Å². The summed E-state index contributed by atoms with van der Waals surface area (Å²) < 4.78 is 0. The SMILES string of the molecule is [CH2]CCc1ccc(N)cc1CCCCCCCC. The first kappa shape index (κ1) is 15.1. The average Bonchev–Trinajstić information content (AvgIpc) is 2.37. The highest BCUT2D eigenvalue weighted by atomic mass is 14.5. The molecule has 0 aliphatic heterocycles. The van der Waals surface area contributed by atoms with E-state index in [4.69, 9.17) is 5.73 Å². The Morgan fingerprint density at radius 2 is 1.67 bits per heavy atom. The maximum Gasteiger partial charge on any atom is 0.0316 e. The zero-order valence-electron chi connectivity index (χ0n) is 11.9. The number of unbranched alkanes of at least 4 members (excludes halogenated alkanes) is 5. The molecule has 1 nitrogen and oxygen atoms in total. The van der Waals surface area contributed by atoms with E-state index in [0.717, 1.165) is 18.5 Å². The van der Waals surface area contributed by atoms with Crippen LogP contribution in [0, 0.1) is 6.92 Å². The molecule has 1 aromatic carbocycles. The topological polar surface area (TPSA) is 26.0 Å². The van der Waals surface area contributed by atoms with Gasteiger partial charge in [-0.15, -0.1) is 0 Å². The summed E-state index contributed by atoms with van der Waals surface area (Å²) in [6, 6.07) is 6.33. The number of hydrogen-bond acceptors (Lipinski definition) is 1. The van der Waals surface area contributed by atoms with Gasteiger partial charge >= 0.3 is 0 Å². The summed E-state index contributed by atoms with van der Waals surface area (Å²) in [5, 5.41) is 0. The molecule has 0 fully saturated rings. The Balaban J connectivity index is 2.37. The van der Waals surface area contributed by atoms with E-state index in [1.54, 1.807) is 0 Å². The maximum atomic E-state index is 5.88. The van der Waals surface area contributed by atoms with E-state index in [1.807, 2.05) is 6.07 Å². The van der Waals surface area contributed by atoms with Crippen LogP contribution in [-0.2, 0) is 12.8 Å². The van der Waals surface area contributed by atoms with Crippen LogP contribution in [0.4, 0.5) is 5.69 Å². The molecule has 0 saturated carbocycles. The summed E-state index contributed by atoms with van der Waals surface area (Å²) in [5.74, 6) is 0. The number of hydrogen-bond donors (Lipinski definition) is 1. The Morgan fingerprint density at radius 1 is 0.944 bits per heavy atom. The highest BCUT2D eigenvalue weighted by molar-refractivity contribution is 5.45. The van der Waals surface area contributed by atoms with Gasteiger partial charge in [-0.05, 0) is 48.9 Å². The molecule has 0 spiro atoms. The van der Waals surface area contributed by atoms with Gasteiger partial charge in [0.2, 0.25) is 0 Å². The predicted molar refractivity (Wildman–Crippen MR) is 81.6 cm³/mol. The second kappa shape index (κ2) is 9.02. The second-order valence-corrected chi connectivity index (χ2v) is 5.15. The zero-order valence-corrected chi connectivity index (χ0v) is 11.9. The van der Waals surface area contributed by atoms with Crippen molar-refractivity contribution >= 4 is 5.69 Å². The highest BCUT2D eigenvalue weighted by Gasteiger charge is 2.02. The van der Waals surface area contributed by atoms with Gasteiger partial charge in [0.05, 0.1) is 0 Å². The van der Waals surface area contributed by atoms with Gasteiger partial charge in [0, 0.05) is 5.69 Å². The Labute approximate surface area is 113 Å². The van der Waals surface area contributed by atoms with E-state index in [0.29, 0.717) is 0 Å². The first-order valence-corrected chi connectivity index (χ1v) is 7.44. The van der Waals surface area contributed by atoms with E-state index in [9.17, 15) is 0 Å². The summed E-state index contributed by atoms with van der Waals surface area (Å²) in [5.41, 5.74) is 9.65. The zero-order chi connectivity index (χ0) is 13.2. The lowest BCUT2D eigenvalue weighted by molar-refractivity contribution is 0.606. The van der Waals surface area contributed by atoms with Gasteiger partial charge in [-0.25, -0.2) is 0 Å². The fourth-order valence-electron chi connectivity index (χ4n) is 2.41. The number of anilines is 1. The second-order valence-electron chi connectivity index (χ2n) is 5.15. The van der Waals surface area contributed by atoms with Crippen molar-refractivity contribution in [2.24, 2.45) is 0 Å². The largest absolute Gasteiger partial charge is 0.399 e. The quantitative estimate of drug-likeness (QED) is 0.485. The smallest absolute Gasteiger partial charge is 0.0316 e. The van der Waals surface area contributed by atoms with E-state index in [1.165, 1.54) is 56.1 Å². The lowest BCUT2D eigenvalue weighted by atomic mass is 9.97. The first-order valence-electron chi connectivity index (χ1n) is 7.44. The number of benzene rings is 1. The van der Waals surface area contributed by atoms with Gasteiger partial charge in [0.25, 0.3) is 0 Å². The molecule has 1 rings (SSSR count). The highest BCUT2D eigenvalue weighted by Crippen LogP contribution is 2.18. The molecule has 0 aliphatic carbocycles. The summed E-state index contributed by atoms with van der Waals surface area (Å²) >= 11 is 0. The normalized spacial score (nSPS) is 10.8. The van der Waals surface area contributed by atoms with Crippen molar-refractivity contribution in [2.45, 2.75) is 64.7 Å². The molecule has 0 amide bonds. The third-order valence-electron chi connectivity index (χ3n) is 3.48. The third-order valence-corrected chi connectivity index (χ3v) is 3.48. The first-order chi connectivity index (χ1) is 8.77. The molecule has 2 N–H and O–H groups in total. The fourth-order valence-corrected chi connectivity index (χ4v) is 2.41. The van der Waals surface area contributed by atoms with Crippen LogP contribution in [0.1, 0.15) is 63.0 Å². The van der Waals surface area contributed by atoms with Crippen molar-refractivity contribution in [3.8, 4) is 0 Å². The van der Waals surface area contributed by atoms with Crippen molar-refractivity contribution in [1.29, 1.82) is 0 Å². The summed E-state index contributed by atoms with van der Waals surface area (Å²) in [7, 11) is 0. The molecule has 1 radical (unpaired) electrons. The molecule has 0 unspecified atom stereocenters. The molecule has 0 aliphatic rings. The molecule has 0 heterocycles. The van der Waals surface area contributed by atoms with Crippen molar-refractivity contribution < 1.29 is 0 Å². The van der Waals surface area contributed by atoms with Crippen LogP contribution in [-0.4, -0.2) is 0 Å². The van der Waals surface area contributed by atoms with Gasteiger partial charge in [-0.2, -0.15) is 0 Å². The molecule has 0 saturated heterocycles. The van der Waals surface area contributed by atoms with E-state index in [-0.39, 0.29) is 0 Å². The molecule has 0 aromatic heterocycles. The molecule has 0 atom stereocenters. The Morgan fingerprint density at radius 3 is 2.39 bits per heavy atom. The summed E-state index contributed by atoms with van der Waals surface area (Å²) in [6.07, 6.45) is 11.3. The lowest BCUT2D eigenvalue weighted by Gasteiger charge is -2.10. The van der Waals surface area contributed by atoms with Gasteiger partial charge in [0.1, 0.15) is 0 Å². The van der Waals surface area contributed by atoms with E-state index in [2.05, 4.69) is 26.0 Å².